The molecule has 0 aromatic carbocycles. The number of aromatic nitrogens is 2. The van der Waals surface area contributed by atoms with E-state index in [0.717, 1.165) is 41.6 Å². The van der Waals surface area contributed by atoms with Gasteiger partial charge in [-0.15, -0.1) is 0 Å². The van der Waals surface area contributed by atoms with Crippen molar-refractivity contribution in [3.8, 4) is 0 Å². The van der Waals surface area contributed by atoms with Crippen molar-refractivity contribution in [2.24, 2.45) is 11.8 Å². The highest BCUT2D eigenvalue weighted by Crippen LogP contribution is 2.37. The highest BCUT2D eigenvalue weighted by atomic mass is 79.9. The Kier molecular flexibility index (Phi) is 4.20. The molecule has 1 fully saturated rings. The van der Waals surface area contributed by atoms with Gasteiger partial charge in [-0.05, 0) is 40.6 Å². The quantitative estimate of drug-likeness (QED) is 0.847. The van der Waals surface area contributed by atoms with E-state index in [1.165, 1.54) is 6.42 Å². The molecule has 0 aliphatic heterocycles. The molecule has 0 amide bonds. The molecule has 0 saturated heterocycles. The molecule has 1 aliphatic carbocycles. The van der Waals surface area contributed by atoms with Gasteiger partial charge in [0.1, 0.15) is 5.82 Å². The first-order valence-corrected chi connectivity index (χ1v) is 7.00. The van der Waals surface area contributed by atoms with Crippen molar-refractivity contribution in [3.63, 3.8) is 0 Å². The third-order valence-electron chi connectivity index (χ3n) is 3.09. The molecule has 1 heterocycles. The predicted molar refractivity (Wildman–Crippen MR) is 74.3 cm³/mol. The Morgan fingerprint density at radius 2 is 2.24 bits per heavy atom. The lowest BCUT2D eigenvalue weighted by Crippen LogP contribution is -2.10. The summed E-state index contributed by atoms with van der Waals surface area (Å²) >= 11 is 3.47. The molecule has 94 valence electrons. The summed E-state index contributed by atoms with van der Waals surface area (Å²) in [5.41, 5.74) is 0. The van der Waals surface area contributed by atoms with Gasteiger partial charge < -0.3 is 10.6 Å². The molecule has 2 rings (SSSR count). The lowest BCUT2D eigenvalue weighted by molar-refractivity contribution is 0.783. The van der Waals surface area contributed by atoms with Gasteiger partial charge in [-0.1, -0.05) is 13.8 Å². The lowest BCUT2D eigenvalue weighted by atomic mass is 10.3. The molecular formula is C12H19BrN4. The summed E-state index contributed by atoms with van der Waals surface area (Å²) in [4.78, 5) is 8.68. The molecule has 2 unspecified atom stereocenters. The molecular weight excluding hydrogens is 280 g/mol. The normalized spacial score (nSPS) is 22.3. The van der Waals surface area contributed by atoms with Gasteiger partial charge in [0.15, 0.2) is 0 Å². The number of hydrogen-bond donors (Lipinski definition) is 2. The van der Waals surface area contributed by atoms with Crippen molar-refractivity contribution in [2.75, 3.05) is 23.7 Å². The van der Waals surface area contributed by atoms with Crippen LogP contribution in [-0.2, 0) is 0 Å². The average molecular weight is 299 g/mol. The fraction of sp³-hybridized carbons (Fsp3) is 0.667. The molecule has 0 bridgehead atoms. The van der Waals surface area contributed by atoms with Crippen molar-refractivity contribution < 1.29 is 0 Å². The van der Waals surface area contributed by atoms with Gasteiger partial charge in [0.05, 0.1) is 4.47 Å². The molecule has 1 saturated carbocycles. The maximum Gasteiger partial charge on any atom is 0.224 e. The summed E-state index contributed by atoms with van der Waals surface area (Å²) in [6, 6.07) is 0. The van der Waals surface area contributed by atoms with Crippen LogP contribution in [0.5, 0.6) is 0 Å². The lowest BCUT2D eigenvalue weighted by Gasteiger charge is -2.09. The summed E-state index contributed by atoms with van der Waals surface area (Å²) in [6.45, 7) is 6.32. The first-order valence-electron chi connectivity index (χ1n) is 6.21. The second-order valence-corrected chi connectivity index (χ2v) is 5.53. The van der Waals surface area contributed by atoms with Crippen LogP contribution in [0, 0.1) is 11.8 Å². The fourth-order valence-corrected chi connectivity index (χ4v) is 2.06. The van der Waals surface area contributed by atoms with Crippen LogP contribution in [0.3, 0.4) is 0 Å². The maximum absolute atomic E-state index is 4.45. The molecule has 2 atom stereocenters. The van der Waals surface area contributed by atoms with E-state index in [1.807, 2.05) is 0 Å². The van der Waals surface area contributed by atoms with Gasteiger partial charge in [-0.3, -0.25) is 0 Å². The Labute approximate surface area is 111 Å². The van der Waals surface area contributed by atoms with E-state index in [2.05, 4.69) is 50.4 Å². The predicted octanol–water partition coefficient (Wildman–Crippen LogP) is 3.13. The van der Waals surface area contributed by atoms with Crippen LogP contribution in [0.25, 0.3) is 0 Å². The number of nitrogens with zero attached hydrogens (tertiary/aromatic N) is 2. The standard InChI is InChI=1S/C12H19BrN4/c1-3-4-14-12-16-7-10(13)11(17-12)15-6-9-5-8(9)2/h7-9H,3-6H2,1-2H3,(H2,14,15,16,17). The number of anilines is 2. The molecule has 17 heavy (non-hydrogen) atoms. The zero-order valence-electron chi connectivity index (χ0n) is 10.3. The summed E-state index contributed by atoms with van der Waals surface area (Å²) in [7, 11) is 0. The molecule has 1 aromatic heterocycles. The van der Waals surface area contributed by atoms with E-state index in [0.29, 0.717) is 5.95 Å². The van der Waals surface area contributed by atoms with E-state index >= 15 is 0 Å². The van der Waals surface area contributed by atoms with Crippen LogP contribution in [-0.4, -0.2) is 23.1 Å². The summed E-state index contributed by atoms with van der Waals surface area (Å²) in [5, 5.41) is 6.58. The SMILES string of the molecule is CCCNc1ncc(Br)c(NCC2CC2C)n1. The van der Waals surface area contributed by atoms with Crippen molar-refractivity contribution in [1.29, 1.82) is 0 Å². The Morgan fingerprint density at radius 1 is 1.47 bits per heavy atom. The number of hydrogen-bond acceptors (Lipinski definition) is 4. The first kappa shape index (κ1) is 12.6. The van der Waals surface area contributed by atoms with Crippen LogP contribution in [0.15, 0.2) is 10.7 Å². The summed E-state index contributed by atoms with van der Waals surface area (Å²) in [6.07, 6.45) is 4.20. The van der Waals surface area contributed by atoms with Crippen molar-refractivity contribution in [3.05, 3.63) is 10.7 Å². The molecule has 1 aromatic rings. The molecule has 1 aliphatic rings. The van der Waals surface area contributed by atoms with E-state index in [1.54, 1.807) is 6.20 Å². The number of rotatable bonds is 6. The topological polar surface area (TPSA) is 49.8 Å². The Balaban J connectivity index is 1.93. The second-order valence-electron chi connectivity index (χ2n) is 4.67. The maximum atomic E-state index is 4.45. The van der Waals surface area contributed by atoms with Crippen LogP contribution >= 0.6 is 15.9 Å². The average Bonchev–Trinajstić information content (AvgIpc) is 3.02. The smallest absolute Gasteiger partial charge is 0.224 e. The Bertz CT molecular complexity index is 383. The van der Waals surface area contributed by atoms with Crippen LogP contribution in [0.4, 0.5) is 11.8 Å². The van der Waals surface area contributed by atoms with Gasteiger partial charge >= 0.3 is 0 Å². The van der Waals surface area contributed by atoms with Crippen molar-refractivity contribution in [1.82, 2.24) is 9.97 Å². The third-order valence-corrected chi connectivity index (χ3v) is 3.67. The molecule has 2 N–H and O–H groups in total. The van der Waals surface area contributed by atoms with Gasteiger partial charge in [-0.25, -0.2) is 4.98 Å². The molecule has 4 nitrogen and oxygen atoms in total. The third kappa shape index (κ3) is 3.56. The fourth-order valence-electron chi connectivity index (χ4n) is 1.72. The number of halogens is 1. The highest BCUT2D eigenvalue weighted by Gasteiger charge is 2.32. The van der Waals surface area contributed by atoms with E-state index < -0.39 is 0 Å². The number of nitrogens with one attached hydrogen (secondary N) is 2. The molecule has 0 radical (unpaired) electrons. The van der Waals surface area contributed by atoms with E-state index in [-0.39, 0.29) is 0 Å². The first-order chi connectivity index (χ1) is 8.20. The monoisotopic (exact) mass is 298 g/mol. The molecule has 0 spiro atoms. The van der Waals surface area contributed by atoms with Gasteiger partial charge in [0, 0.05) is 19.3 Å². The minimum Gasteiger partial charge on any atom is -0.369 e. The van der Waals surface area contributed by atoms with Gasteiger partial charge in [0.2, 0.25) is 5.95 Å². The van der Waals surface area contributed by atoms with Crippen molar-refractivity contribution >= 4 is 27.7 Å². The Hall–Kier alpha value is -0.840. The minimum atomic E-state index is 0.696. The van der Waals surface area contributed by atoms with Crippen LogP contribution < -0.4 is 10.6 Å². The second kappa shape index (κ2) is 5.67. The minimum absolute atomic E-state index is 0.696. The van der Waals surface area contributed by atoms with Crippen LogP contribution in [0.2, 0.25) is 0 Å². The van der Waals surface area contributed by atoms with E-state index in [9.17, 15) is 0 Å². The summed E-state index contributed by atoms with van der Waals surface area (Å²) in [5.74, 6) is 3.25. The molecule has 5 heteroatoms. The van der Waals surface area contributed by atoms with Crippen LogP contribution in [0.1, 0.15) is 26.7 Å². The highest BCUT2D eigenvalue weighted by molar-refractivity contribution is 9.10. The van der Waals surface area contributed by atoms with E-state index in [4.69, 9.17) is 0 Å². The zero-order chi connectivity index (χ0) is 12.3. The summed E-state index contributed by atoms with van der Waals surface area (Å²) < 4.78 is 0.924. The Morgan fingerprint density at radius 3 is 2.88 bits per heavy atom. The van der Waals surface area contributed by atoms with Gasteiger partial charge in [0.25, 0.3) is 0 Å². The largest absolute Gasteiger partial charge is 0.369 e. The van der Waals surface area contributed by atoms with Crippen molar-refractivity contribution in [2.45, 2.75) is 26.7 Å². The zero-order valence-corrected chi connectivity index (χ0v) is 11.9. The van der Waals surface area contributed by atoms with Gasteiger partial charge in [-0.2, -0.15) is 4.98 Å².